The molecule has 19 heavy (non-hydrogen) atoms. The zero-order valence-electron chi connectivity index (χ0n) is 10.5. The molecule has 0 fully saturated rings. The Balaban J connectivity index is 2.65. The number of hydrogen-bond acceptors (Lipinski definition) is 5. The molecule has 0 radical (unpaired) electrons. The monoisotopic (exact) mass is 283 g/mol. The molecule has 0 aliphatic carbocycles. The maximum Gasteiger partial charge on any atom is 0.337 e. The summed E-state index contributed by atoms with van der Waals surface area (Å²) >= 11 is 0. The summed E-state index contributed by atoms with van der Waals surface area (Å²) in [5.74, 6) is -1.60. The topological polar surface area (TPSA) is 80.8 Å². The third-order valence-corrected chi connectivity index (χ3v) is 4.58. The number of fused-ring (bicyclic) bond motifs is 1. The fraction of sp³-hybridized carbons (Fsp3) is 0.333. The summed E-state index contributed by atoms with van der Waals surface area (Å²) in [6, 6.07) is 4.09. The second-order valence-electron chi connectivity index (χ2n) is 4.07. The van der Waals surface area contributed by atoms with Crippen LogP contribution in [-0.4, -0.2) is 39.7 Å². The van der Waals surface area contributed by atoms with Crippen molar-refractivity contribution in [1.82, 2.24) is 0 Å². The molecular weight excluding hydrogens is 270 g/mol. The van der Waals surface area contributed by atoms with Gasteiger partial charge in [-0.3, -0.25) is 4.79 Å². The summed E-state index contributed by atoms with van der Waals surface area (Å²) in [5.41, 5.74) is 0.450. The lowest BCUT2D eigenvalue weighted by Gasteiger charge is -2.28. The number of rotatable bonds is 2. The van der Waals surface area contributed by atoms with E-state index in [1.807, 2.05) is 0 Å². The lowest BCUT2D eigenvalue weighted by atomic mass is 10.2. The fourth-order valence-electron chi connectivity index (χ4n) is 2.04. The maximum absolute atomic E-state index is 11.9. The third kappa shape index (κ3) is 2.21. The molecular formula is C12H13NO5S. The molecule has 6 nitrogen and oxygen atoms in total. The van der Waals surface area contributed by atoms with Crippen LogP contribution in [-0.2, 0) is 19.4 Å². The first-order chi connectivity index (χ1) is 8.90. The molecule has 0 atom stereocenters. The number of ether oxygens (including phenoxy) is 1. The van der Waals surface area contributed by atoms with Gasteiger partial charge in [-0.2, -0.15) is 0 Å². The Kier molecular flexibility index (Phi) is 3.32. The quantitative estimate of drug-likeness (QED) is 0.743. The van der Waals surface area contributed by atoms with E-state index in [9.17, 15) is 18.0 Å². The van der Waals surface area contributed by atoms with Gasteiger partial charge in [0, 0.05) is 6.54 Å². The van der Waals surface area contributed by atoms with E-state index in [2.05, 4.69) is 4.74 Å². The van der Waals surface area contributed by atoms with Crippen molar-refractivity contribution in [2.24, 2.45) is 0 Å². The molecule has 0 saturated heterocycles. The first-order valence-corrected chi connectivity index (χ1v) is 7.31. The molecule has 0 unspecified atom stereocenters. The number of benzene rings is 1. The molecule has 2 rings (SSSR count). The molecule has 1 aromatic carbocycles. The van der Waals surface area contributed by atoms with Crippen LogP contribution < -0.4 is 4.90 Å². The standard InChI is InChI=1S/C12H13NO5S/c1-3-13-9-6-8(12(15)18-2)4-5-10(9)19(16,17)7-11(13)14/h4-6H,3,7H2,1-2H3. The summed E-state index contributed by atoms with van der Waals surface area (Å²) < 4.78 is 28.4. The summed E-state index contributed by atoms with van der Waals surface area (Å²) in [6.45, 7) is 2.08. The van der Waals surface area contributed by atoms with E-state index >= 15 is 0 Å². The number of amides is 1. The smallest absolute Gasteiger partial charge is 0.337 e. The largest absolute Gasteiger partial charge is 0.465 e. The van der Waals surface area contributed by atoms with E-state index in [4.69, 9.17) is 0 Å². The molecule has 102 valence electrons. The Labute approximate surface area is 110 Å². The summed E-state index contributed by atoms with van der Waals surface area (Å²) in [7, 11) is -2.39. The highest BCUT2D eigenvalue weighted by Gasteiger charge is 2.34. The molecule has 7 heteroatoms. The molecule has 1 aromatic rings. The van der Waals surface area contributed by atoms with Gasteiger partial charge < -0.3 is 9.64 Å². The molecule has 1 heterocycles. The Bertz CT molecular complexity index is 650. The minimum absolute atomic E-state index is 0.0709. The SMILES string of the molecule is CCN1C(=O)CS(=O)(=O)c2ccc(C(=O)OC)cc21. The van der Waals surface area contributed by atoms with Gasteiger partial charge in [-0.1, -0.05) is 0 Å². The van der Waals surface area contributed by atoms with Gasteiger partial charge in [-0.05, 0) is 25.1 Å². The highest BCUT2D eigenvalue weighted by molar-refractivity contribution is 7.92. The predicted octanol–water partition coefficient (Wildman–Crippen LogP) is 0.613. The van der Waals surface area contributed by atoms with Crippen LogP contribution in [0.1, 0.15) is 17.3 Å². The lowest BCUT2D eigenvalue weighted by molar-refractivity contribution is -0.116. The number of sulfone groups is 1. The van der Waals surface area contributed by atoms with Gasteiger partial charge in [0.05, 0.1) is 23.3 Å². The van der Waals surface area contributed by atoms with Gasteiger partial charge in [0.15, 0.2) is 9.84 Å². The van der Waals surface area contributed by atoms with Crippen LogP contribution >= 0.6 is 0 Å². The van der Waals surface area contributed by atoms with E-state index < -0.39 is 27.5 Å². The summed E-state index contributed by atoms with van der Waals surface area (Å²) in [6.07, 6.45) is 0. The van der Waals surface area contributed by atoms with E-state index in [0.717, 1.165) is 0 Å². The van der Waals surface area contributed by atoms with Gasteiger partial charge >= 0.3 is 5.97 Å². The average molecular weight is 283 g/mol. The van der Waals surface area contributed by atoms with E-state index in [0.29, 0.717) is 6.54 Å². The van der Waals surface area contributed by atoms with Gasteiger partial charge in [-0.25, -0.2) is 13.2 Å². The number of methoxy groups -OCH3 is 1. The molecule has 0 N–H and O–H groups in total. The van der Waals surface area contributed by atoms with Crippen LogP contribution in [0.5, 0.6) is 0 Å². The zero-order chi connectivity index (χ0) is 14.2. The van der Waals surface area contributed by atoms with Crippen molar-refractivity contribution < 1.29 is 22.7 Å². The second-order valence-corrected chi connectivity index (χ2v) is 6.03. The number of anilines is 1. The Hall–Kier alpha value is -1.89. The van der Waals surface area contributed by atoms with Crippen molar-refractivity contribution in [2.75, 3.05) is 24.3 Å². The Morgan fingerprint density at radius 3 is 2.68 bits per heavy atom. The Morgan fingerprint density at radius 2 is 2.11 bits per heavy atom. The molecule has 0 spiro atoms. The van der Waals surface area contributed by atoms with Gasteiger partial charge in [-0.15, -0.1) is 0 Å². The molecule has 1 aliphatic heterocycles. The molecule has 0 aromatic heterocycles. The maximum atomic E-state index is 11.9. The molecule has 0 saturated carbocycles. The Morgan fingerprint density at radius 1 is 1.42 bits per heavy atom. The van der Waals surface area contributed by atoms with Crippen LogP contribution in [0.3, 0.4) is 0 Å². The van der Waals surface area contributed by atoms with Crippen molar-refractivity contribution in [2.45, 2.75) is 11.8 Å². The van der Waals surface area contributed by atoms with E-state index in [-0.39, 0.29) is 16.1 Å². The molecule has 1 amide bonds. The number of esters is 1. The number of hydrogen-bond donors (Lipinski definition) is 0. The fourth-order valence-corrected chi connectivity index (χ4v) is 3.43. The number of carbonyl (C=O) groups is 2. The first kappa shape index (κ1) is 13.5. The minimum atomic E-state index is -3.63. The van der Waals surface area contributed by atoms with Crippen molar-refractivity contribution in [3.8, 4) is 0 Å². The van der Waals surface area contributed by atoms with Crippen LogP contribution in [0, 0.1) is 0 Å². The summed E-state index contributed by atoms with van der Waals surface area (Å²) in [4.78, 5) is 24.7. The second kappa shape index (κ2) is 4.65. The van der Waals surface area contributed by atoms with Crippen molar-refractivity contribution in [3.05, 3.63) is 23.8 Å². The molecule has 0 bridgehead atoms. The van der Waals surface area contributed by atoms with Crippen molar-refractivity contribution in [3.63, 3.8) is 0 Å². The average Bonchev–Trinajstić information content (AvgIpc) is 2.36. The highest BCUT2D eigenvalue weighted by Crippen LogP contribution is 2.32. The lowest BCUT2D eigenvalue weighted by Crippen LogP contribution is -2.40. The minimum Gasteiger partial charge on any atom is -0.465 e. The predicted molar refractivity (Wildman–Crippen MR) is 67.9 cm³/mol. The zero-order valence-corrected chi connectivity index (χ0v) is 11.4. The van der Waals surface area contributed by atoms with E-state index in [1.165, 1.54) is 30.2 Å². The number of nitrogens with zero attached hydrogens (tertiary/aromatic N) is 1. The van der Waals surface area contributed by atoms with Gasteiger partial charge in [0.25, 0.3) is 0 Å². The van der Waals surface area contributed by atoms with Crippen LogP contribution in [0.4, 0.5) is 5.69 Å². The third-order valence-electron chi connectivity index (χ3n) is 2.94. The first-order valence-electron chi connectivity index (χ1n) is 5.66. The van der Waals surface area contributed by atoms with Gasteiger partial charge in [0.2, 0.25) is 5.91 Å². The van der Waals surface area contributed by atoms with E-state index in [1.54, 1.807) is 6.92 Å². The number of carbonyl (C=O) groups excluding carboxylic acids is 2. The van der Waals surface area contributed by atoms with Crippen LogP contribution in [0.2, 0.25) is 0 Å². The van der Waals surface area contributed by atoms with Crippen LogP contribution in [0.25, 0.3) is 0 Å². The van der Waals surface area contributed by atoms with Crippen molar-refractivity contribution >= 4 is 27.4 Å². The highest BCUT2D eigenvalue weighted by atomic mass is 32.2. The van der Waals surface area contributed by atoms with Crippen molar-refractivity contribution in [1.29, 1.82) is 0 Å². The summed E-state index contributed by atoms with van der Waals surface area (Å²) in [5, 5.41) is 0. The van der Waals surface area contributed by atoms with Crippen LogP contribution in [0.15, 0.2) is 23.1 Å². The normalized spacial score (nSPS) is 16.9. The molecule has 1 aliphatic rings. The van der Waals surface area contributed by atoms with Gasteiger partial charge in [0.1, 0.15) is 5.75 Å².